The summed E-state index contributed by atoms with van der Waals surface area (Å²) < 4.78 is 5.54. The molecule has 1 saturated heterocycles. The Hall–Kier alpha value is -0.0800. The van der Waals surface area contributed by atoms with E-state index in [0.717, 1.165) is 13.0 Å². The Balaban J connectivity index is 1.68. The number of hydrogen-bond acceptors (Lipinski definition) is 2. The Labute approximate surface area is 158 Å². The minimum absolute atomic E-state index is 0.131. The molecule has 0 amide bonds. The lowest BCUT2D eigenvalue weighted by molar-refractivity contribution is 0.0571. The van der Waals surface area contributed by atoms with Crippen LogP contribution >= 0.6 is 0 Å². The van der Waals surface area contributed by atoms with Crippen LogP contribution < -0.4 is 0 Å². The van der Waals surface area contributed by atoms with Crippen LogP contribution in [0.25, 0.3) is 0 Å². The molecule has 1 heterocycles. The molecule has 0 saturated carbocycles. The van der Waals surface area contributed by atoms with Crippen LogP contribution in [0, 0.1) is 5.92 Å². The predicted octanol–water partition coefficient (Wildman–Crippen LogP) is 7.04. The van der Waals surface area contributed by atoms with Gasteiger partial charge in [0.1, 0.15) is 0 Å². The van der Waals surface area contributed by atoms with Gasteiger partial charge in [-0.2, -0.15) is 0 Å². The van der Waals surface area contributed by atoms with E-state index in [2.05, 4.69) is 6.92 Å². The lowest BCUT2D eigenvalue weighted by Crippen LogP contribution is -2.09. The minimum atomic E-state index is 0.131. The monoisotopic (exact) mass is 354 g/mol. The molecule has 0 spiro atoms. The van der Waals surface area contributed by atoms with Crippen molar-refractivity contribution < 1.29 is 9.84 Å². The molecule has 0 aromatic carbocycles. The molecule has 0 radical (unpaired) electrons. The zero-order valence-corrected chi connectivity index (χ0v) is 17.2. The third kappa shape index (κ3) is 13.7. The summed E-state index contributed by atoms with van der Waals surface area (Å²) in [6, 6.07) is 0. The number of unbranched alkanes of at least 4 members (excludes halogenated alkanes) is 15. The van der Waals surface area contributed by atoms with Gasteiger partial charge in [-0.15, -0.1) is 0 Å². The summed E-state index contributed by atoms with van der Waals surface area (Å²) in [6.45, 7) is 3.37. The molecule has 0 aromatic rings. The van der Waals surface area contributed by atoms with E-state index in [9.17, 15) is 0 Å². The third-order valence-electron chi connectivity index (χ3n) is 5.83. The van der Waals surface area contributed by atoms with E-state index in [1.54, 1.807) is 0 Å². The number of hydrogen-bond donors (Lipinski definition) is 1. The summed E-state index contributed by atoms with van der Waals surface area (Å²) in [5.74, 6) is 0.712. The summed E-state index contributed by atoms with van der Waals surface area (Å²) in [7, 11) is 0. The summed E-state index contributed by atoms with van der Waals surface area (Å²) in [6.07, 6.45) is 25.5. The highest BCUT2D eigenvalue weighted by molar-refractivity contribution is 4.72. The van der Waals surface area contributed by atoms with Crippen LogP contribution in [0.3, 0.4) is 0 Å². The molecule has 2 nitrogen and oxygen atoms in total. The van der Waals surface area contributed by atoms with E-state index in [1.807, 2.05) is 0 Å². The first kappa shape index (κ1) is 23.0. The van der Waals surface area contributed by atoms with Crippen molar-refractivity contribution in [2.24, 2.45) is 5.92 Å². The second-order valence-corrected chi connectivity index (χ2v) is 8.33. The fourth-order valence-corrected chi connectivity index (χ4v) is 4.09. The zero-order valence-electron chi connectivity index (χ0n) is 17.2. The van der Waals surface area contributed by atoms with Crippen molar-refractivity contribution in [2.45, 2.75) is 129 Å². The quantitative estimate of drug-likeness (QED) is 0.268. The van der Waals surface area contributed by atoms with Gasteiger partial charge >= 0.3 is 0 Å². The van der Waals surface area contributed by atoms with Gasteiger partial charge in [0.2, 0.25) is 0 Å². The SMILES string of the molecule is CCCCCCCCCCCCCCCCCC[C@H]1CO[C@H](CO)C1. The van der Waals surface area contributed by atoms with Crippen molar-refractivity contribution in [3.05, 3.63) is 0 Å². The van der Waals surface area contributed by atoms with Gasteiger partial charge < -0.3 is 9.84 Å². The third-order valence-corrected chi connectivity index (χ3v) is 5.83. The van der Waals surface area contributed by atoms with Crippen LogP contribution in [0.15, 0.2) is 0 Å². The van der Waals surface area contributed by atoms with Crippen molar-refractivity contribution in [2.75, 3.05) is 13.2 Å². The van der Waals surface area contributed by atoms with Crippen LogP contribution in [0.1, 0.15) is 122 Å². The average molecular weight is 355 g/mol. The second kappa shape index (κ2) is 17.3. The van der Waals surface area contributed by atoms with E-state index < -0.39 is 0 Å². The van der Waals surface area contributed by atoms with Crippen LogP contribution in [-0.4, -0.2) is 24.4 Å². The molecule has 0 unspecified atom stereocenters. The summed E-state index contributed by atoms with van der Waals surface area (Å²) in [5, 5.41) is 9.07. The first-order valence-corrected chi connectivity index (χ1v) is 11.6. The molecule has 2 heteroatoms. The molecule has 1 rings (SSSR count). The van der Waals surface area contributed by atoms with Crippen molar-refractivity contribution in [3.8, 4) is 0 Å². The van der Waals surface area contributed by atoms with Gasteiger partial charge in [0.05, 0.1) is 12.7 Å². The highest BCUT2D eigenvalue weighted by Crippen LogP contribution is 2.24. The van der Waals surface area contributed by atoms with Crippen molar-refractivity contribution in [1.82, 2.24) is 0 Å². The second-order valence-electron chi connectivity index (χ2n) is 8.33. The van der Waals surface area contributed by atoms with Gasteiger partial charge in [-0.05, 0) is 18.8 Å². The number of rotatable bonds is 18. The molecule has 150 valence electrons. The molecule has 1 aliphatic rings. The Morgan fingerprint density at radius 3 is 1.52 bits per heavy atom. The van der Waals surface area contributed by atoms with Gasteiger partial charge in [0.25, 0.3) is 0 Å². The molecule has 1 aliphatic heterocycles. The maximum Gasteiger partial charge on any atom is 0.0809 e. The number of aliphatic hydroxyl groups excluding tert-OH is 1. The van der Waals surface area contributed by atoms with Crippen molar-refractivity contribution >= 4 is 0 Å². The molecule has 0 aliphatic carbocycles. The Kier molecular flexibility index (Phi) is 15.9. The van der Waals surface area contributed by atoms with Gasteiger partial charge in [-0.1, -0.05) is 110 Å². The lowest BCUT2D eigenvalue weighted by atomic mass is 9.97. The smallest absolute Gasteiger partial charge is 0.0809 e. The van der Waals surface area contributed by atoms with Gasteiger partial charge in [-0.3, -0.25) is 0 Å². The van der Waals surface area contributed by atoms with E-state index in [0.29, 0.717) is 5.92 Å². The molecule has 1 fully saturated rings. The maximum absolute atomic E-state index is 9.07. The van der Waals surface area contributed by atoms with E-state index >= 15 is 0 Å². The average Bonchev–Trinajstić information content (AvgIpc) is 3.09. The normalized spacial score (nSPS) is 20.4. The fraction of sp³-hybridized carbons (Fsp3) is 1.00. The maximum atomic E-state index is 9.07. The van der Waals surface area contributed by atoms with E-state index in [4.69, 9.17) is 9.84 Å². The zero-order chi connectivity index (χ0) is 18.0. The molecular weight excluding hydrogens is 308 g/mol. The number of ether oxygens (including phenoxy) is 1. The highest BCUT2D eigenvalue weighted by Gasteiger charge is 2.23. The van der Waals surface area contributed by atoms with Crippen LogP contribution in [0.4, 0.5) is 0 Å². The Bertz CT molecular complexity index is 267. The molecule has 1 N–H and O–H groups in total. The first-order valence-electron chi connectivity index (χ1n) is 11.6. The Morgan fingerprint density at radius 2 is 1.12 bits per heavy atom. The lowest BCUT2D eigenvalue weighted by Gasteiger charge is -2.07. The van der Waals surface area contributed by atoms with Crippen LogP contribution in [-0.2, 0) is 4.74 Å². The van der Waals surface area contributed by atoms with E-state index in [-0.39, 0.29) is 12.7 Å². The van der Waals surface area contributed by atoms with Gasteiger partial charge in [0, 0.05) is 6.61 Å². The topological polar surface area (TPSA) is 29.5 Å². The molecular formula is C23H46O2. The van der Waals surface area contributed by atoms with Crippen LogP contribution in [0.5, 0.6) is 0 Å². The highest BCUT2D eigenvalue weighted by atomic mass is 16.5. The van der Waals surface area contributed by atoms with Gasteiger partial charge in [0.15, 0.2) is 0 Å². The molecule has 2 atom stereocenters. The van der Waals surface area contributed by atoms with Gasteiger partial charge in [-0.25, -0.2) is 0 Å². The fourth-order valence-electron chi connectivity index (χ4n) is 4.09. The predicted molar refractivity (Wildman–Crippen MR) is 109 cm³/mol. The molecule has 0 bridgehead atoms. The summed E-state index contributed by atoms with van der Waals surface area (Å²) >= 11 is 0. The van der Waals surface area contributed by atoms with Crippen LogP contribution in [0.2, 0.25) is 0 Å². The summed E-state index contributed by atoms with van der Waals surface area (Å²) in [4.78, 5) is 0. The minimum Gasteiger partial charge on any atom is -0.394 e. The standard InChI is InChI=1S/C23H46O2/c1-2-3-4-5-6-7-8-9-10-11-12-13-14-15-16-17-18-22-19-23(20-24)25-21-22/h22-24H,2-21H2,1H3/t22-,23+/m1/s1. The van der Waals surface area contributed by atoms with Crippen molar-refractivity contribution in [3.63, 3.8) is 0 Å². The summed E-state index contributed by atoms with van der Waals surface area (Å²) in [5.41, 5.74) is 0. The van der Waals surface area contributed by atoms with E-state index in [1.165, 1.54) is 109 Å². The largest absolute Gasteiger partial charge is 0.394 e. The molecule has 25 heavy (non-hydrogen) atoms. The Morgan fingerprint density at radius 1 is 0.680 bits per heavy atom. The first-order chi connectivity index (χ1) is 12.4. The van der Waals surface area contributed by atoms with Crippen molar-refractivity contribution in [1.29, 1.82) is 0 Å². The molecule has 0 aromatic heterocycles. The number of aliphatic hydroxyl groups is 1.